The van der Waals surface area contributed by atoms with Gasteiger partial charge in [-0.05, 0) is 6.42 Å². The number of unbranched alkanes of at least 4 members (excludes halogenated alkanes) is 1. The molecule has 0 saturated carbocycles. The van der Waals surface area contributed by atoms with Crippen molar-refractivity contribution in [3.63, 3.8) is 0 Å². The Balaban J connectivity index is 2.51. The number of hydrogen-bond donors (Lipinski definition) is 0. The zero-order chi connectivity index (χ0) is 11.3. The minimum atomic E-state index is -0.171. The second kappa shape index (κ2) is 6.11. The van der Waals surface area contributed by atoms with Crippen molar-refractivity contribution in [2.45, 2.75) is 46.1 Å². The Bertz CT molecular complexity index is 203. The maximum absolute atomic E-state index is 11.0. The average molecular weight is 214 g/mol. The van der Waals surface area contributed by atoms with E-state index >= 15 is 0 Å². The summed E-state index contributed by atoms with van der Waals surface area (Å²) >= 11 is 0. The molecule has 0 aliphatic carbocycles. The van der Waals surface area contributed by atoms with Gasteiger partial charge < -0.3 is 9.47 Å². The minimum Gasteiger partial charge on any atom is -0.462 e. The molecule has 1 aliphatic rings. The van der Waals surface area contributed by atoms with E-state index in [1.165, 1.54) is 19.8 Å². The summed E-state index contributed by atoms with van der Waals surface area (Å²) in [5, 5.41) is 0. The maximum atomic E-state index is 11.0. The summed E-state index contributed by atoms with van der Waals surface area (Å²) in [6.07, 6.45) is 3.51. The quantitative estimate of drug-likeness (QED) is 0.674. The third-order valence-corrected chi connectivity index (χ3v) is 2.97. The molecular weight excluding hydrogens is 192 g/mol. The molecule has 0 amide bonds. The standard InChI is InChI=1S/C12H22O3/c1-4-5-6-11-8-14-7-9(2)12(11)15-10(3)13/h9,11-12H,4-8H2,1-3H3/t9-,11+,12+/m0/s1. The smallest absolute Gasteiger partial charge is 0.302 e. The van der Waals surface area contributed by atoms with Gasteiger partial charge in [0.1, 0.15) is 6.10 Å². The van der Waals surface area contributed by atoms with Crippen LogP contribution in [0.15, 0.2) is 0 Å². The van der Waals surface area contributed by atoms with E-state index in [9.17, 15) is 4.79 Å². The van der Waals surface area contributed by atoms with Crippen LogP contribution in [0.1, 0.15) is 40.0 Å². The number of esters is 1. The summed E-state index contributed by atoms with van der Waals surface area (Å²) in [6, 6.07) is 0. The van der Waals surface area contributed by atoms with Crippen LogP contribution in [-0.2, 0) is 14.3 Å². The highest BCUT2D eigenvalue weighted by atomic mass is 16.6. The van der Waals surface area contributed by atoms with Gasteiger partial charge in [0.15, 0.2) is 0 Å². The van der Waals surface area contributed by atoms with Crippen molar-refractivity contribution in [1.29, 1.82) is 0 Å². The molecule has 0 bridgehead atoms. The molecule has 0 aromatic carbocycles. The Morgan fingerprint density at radius 1 is 1.47 bits per heavy atom. The van der Waals surface area contributed by atoms with Crippen molar-refractivity contribution in [1.82, 2.24) is 0 Å². The van der Waals surface area contributed by atoms with Crippen molar-refractivity contribution in [3.8, 4) is 0 Å². The highest BCUT2D eigenvalue weighted by molar-refractivity contribution is 5.66. The van der Waals surface area contributed by atoms with Crippen molar-refractivity contribution in [2.24, 2.45) is 11.8 Å². The third kappa shape index (κ3) is 3.82. The summed E-state index contributed by atoms with van der Waals surface area (Å²) in [5.41, 5.74) is 0. The molecule has 1 fully saturated rings. The molecular formula is C12H22O3. The van der Waals surface area contributed by atoms with E-state index in [2.05, 4.69) is 13.8 Å². The van der Waals surface area contributed by atoms with Gasteiger partial charge in [0, 0.05) is 18.8 Å². The number of ether oxygens (including phenoxy) is 2. The third-order valence-electron chi connectivity index (χ3n) is 2.97. The average Bonchev–Trinajstić information content (AvgIpc) is 2.18. The van der Waals surface area contributed by atoms with E-state index < -0.39 is 0 Å². The lowest BCUT2D eigenvalue weighted by atomic mass is 9.87. The molecule has 15 heavy (non-hydrogen) atoms. The van der Waals surface area contributed by atoms with Crippen molar-refractivity contribution in [3.05, 3.63) is 0 Å². The minimum absolute atomic E-state index is 0.0581. The molecule has 0 N–H and O–H groups in total. The highest BCUT2D eigenvalue weighted by Gasteiger charge is 2.33. The molecule has 88 valence electrons. The first-order valence-electron chi connectivity index (χ1n) is 5.90. The van der Waals surface area contributed by atoms with Crippen LogP contribution >= 0.6 is 0 Å². The lowest BCUT2D eigenvalue weighted by Crippen LogP contribution is -2.41. The summed E-state index contributed by atoms with van der Waals surface area (Å²) < 4.78 is 10.9. The van der Waals surface area contributed by atoms with Gasteiger partial charge in [-0.1, -0.05) is 26.7 Å². The van der Waals surface area contributed by atoms with Crippen LogP contribution in [0.2, 0.25) is 0 Å². The zero-order valence-corrected chi connectivity index (χ0v) is 9.99. The van der Waals surface area contributed by atoms with E-state index in [4.69, 9.17) is 9.47 Å². The Morgan fingerprint density at radius 2 is 2.20 bits per heavy atom. The van der Waals surface area contributed by atoms with Gasteiger partial charge in [-0.15, -0.1) is 0 Å². The first-order valence-corrected chi connectivity index (χ1v) is 5.90. The largest absolute Gasteiger partial charge is 0.462 e. The molecule has 0 spiro atoms. The molecule has 1 rings (SSSR count). The number of carbonyl (C=O) groups excluding carboxylic acids is 1. The summed E-state index contributed by atoms with van der Waals surface area (Å²) in [6.45, 7) is 7.20. The van der Waals surface area contributed by atoms with Gasteiger partial charge in [0.2, 0.25) is 0 Å². The summed E-state index contributed by atoms with van der Waals surface area (Å²) in [4.78, 5) is 11.0. The fourth-order valence-corrected chi connectivity index (χ4v) is 2.18. The van der Waals surface area contributed by atoms with Crippen LogP contribution in [0.3, 0.4) is 0 Å². The van der Waals surface area contributed by atoms with E-state index in [0.29, 0.717) is 18.4 Å². The normalized spacial score (nSPS) is 31.3. The fourth-order valence-electron chi connectivity index (χ4n) is 2.18. The van der Waals surface area contributed by atoms with Crippen LogP contribution in [0.25, 0.3) is 0 Å². The van der Waals surface area contributed by atoms with E-state index in [1.807, 2.05) is 0 Å². The molecule has 3 nitrogen and oxygen atoms in total. The van der Waals surface area contributed by atoms with Gasteiger partial charge in [-0.3, -0.25) is 4.79 Å². The Kier molecular flexibility index (Phi) is 5.09. The molecule has 0 aromatic heterocycles. The van der Waals surface area contributed by atoms with Crippen molar-refractivity contribution in [2.75, 3.05) is 13.2 Å². The molecule has 0 radical (unpaired) electrons. The molecule has 1 saturated heterocycles. The number of hydrogen-bond acceptors (Lipinski definition) is 3. The maximum Gasteiger partial charge on any atom is 0.302 e. The van der Waals surface area contributed by atoms with Gasteiger partial charge in [0.25, 0.3) is 0 Å². The topological polar surface area (TPSA) is 35.5 Å². The Hall–Kier alpha value is -0.570. The van der Waals surface area contributed by atoms with E-state index in [-0.39, 0.29) is 12.1 Å². The molecule has 0 aromatic rings. The van der Waals surface area contributed by atoms with Crippen LogP contribution in [0.4, 0.5) is 0 Å². The predicted molar refractivity (Wildman–Crippen MR) is 58.6 cm³/mol. The lowest BCUT2D eigenvalue weighted by Gasteiger charge is -2.35. The molecule has 3 heteroatoms. The lowest BCUT2D eigenvalue weighted by molar-refractivity contribution is -0.162. The highest BCUT2D eigenvalue weighted by Crippen LogP contribution is 2.27. The SMILES string of the molecule is CCCC[C@@H]1COC[C@H](C)[C@H]1OC(C)=O. The Morgan fingerprint density at radius 3 is 2.80 bits per heavy atom. The van der Waals surface area contributed by atoms with Gasteiger partial charge >= 0.3 is 5.97 Å². The number of rotatable bonds is 4. The van der Waals surface area contributed by atoms with Crippen LogP contribution in [-0.4, -0.2) is 25.3 Å². The van der Waals surface area contributed by atoms with Crippen LogP contribution in [0, 0.1) is 11.8 Å². The van der Waals surface area contributed by atoms with Crippen LogP contribution in [0.5, 0.6) is 0 Å². The molecule has 1 heterocycles. The van der Waals surface area contributed by atoms with E-state index in [0.717, 1.165) is 13.0 Å². The monoisotopic (exact) mass is 214 g/mol. The van der Waals surface area contributed by atoms with Gasteiger partial charge in [-0.25, -0.2) is 0 Å². The van der Waals surface area contributed by atoms with Crippen molar-refractivity contribution >= 4 is 5.97 Å². The zero-order valence-electron chi connectivity index (χ0n) is 9.99. The predicted octanol–water partition coefficient (Wildman–Crippen LogP) is 2.39. The summed E-state index contributed by atoms with van der Waals surface area (Å²) in [7, 11) is 0. The second-order valence-corrected chi connectivity index (χ2v) is 4.49. The van der Waals surface area contributed by atoms with Gasteiger partial charge in [0.05, 0.1) is 13.2 Å². The molecule has 3 atom stereocenters. The fraction of sp³-hybridized carbons (Fsp3) is 0.917. The van der Waals surface area contributed by atoms with Gasteiger partial charge in [-0.2, -0.15) is 0 Å². The second-order valence-electron chi connectivity index (χ2n) is 4.49. The summed E-state index contributed by atoms with van der Waals surface area (Å²) in [5.74, 6) is 0.539. The van der Waals surface area contributed by atoms with E-state index in [1.54, 1.807) is 0 Å². The van der Waals surface area contributed by atoms with Crippen molar-refractivity contribution < 1.29 is 14.3 Å². The van der Waals surface area contributed by atoms with Crippen LogP contribution < -0.4 is 0 Å². The number of carbonyl (C=O) groups is 1. The first-order chi connectivity index (χ1) is 7.15. The Labute approximate surface area is 92.1 Å². The first kappa shape index (κ1) is 12.5. The molecule has 0 unspecified atom stereocenters. The molecule has 1 aliphatic heterocycles.